The van der Waals surface area contributed by atoms with E-state index in [0.29, 0.717) is 5.57 Å². The molecule has 1 fully saturated rings. The van der Waals surface area contributed by atoms with E-state index in [4.69, 9.17) is 16.3 Å². The van der Waals surface area contributed by atoms with Crippen LogP contribution in [0.5, 0.6) is 0 Å². The zero-order valence-electron chi connectivity index (χ0n) is 14.3. The molecule has 0 aliphatic carbocycles. The van der Waals surface area contributed by atoms with E-state index < -0.39 is 35.2 Å². The Hall–Kier alpha value is -2.53. The second-order valence-corrected chi connectivity index (χ2v) is 7.38. The molecule has 2 atom stereocenters. The van der Waals surface area contributed by atoms with E-state index in [9.17, 15) is 24.3 Å². The summed E-state index contributed by atoms with van der Waals surface area (Å²) >= 11 is 7.21. The van der Waals surface area contributed by atoms with Crippen molar-refractivity contribution in [3.05, 3.63) is 28.2 Å². The smallest absolute Gasteiger partial charge is 0.352 e. The third-order valence-electron chi connectivity index (χ3n) is 4.10. The van der Waals surface area contributed by atoms with E-state index >= 15 is 0 Å². The average Bonchev–Trinajstić information content (AvgIpc) is 2.94. The molecule has 12 heteroatoms. The fourth-order valence-electron chi connectivity index (χ4n) is 2.86. The monoisotopic (exact) mass is 414 g/mol. The molecule has 2 amide bonds. The lowest BCUT2D eigenvalue weighted by Gasteiger charge is -2.49. The van der Waals surface area contributed by atoms with Crippen LogP contribution in [0.3, 0.4) is 0 Å². The number of nitrogens with one attached hydrogen (secondary N) is 1. The molecular formula is C15H15ClN4O6S. The lowest BCUT2D eigenvalue weighted by molar-refractivity contribution is -0.149. The van der Waals surface area contributed by atoms with Crippen LogP contribution in [0.15, 0.2) is 17.5 Å². The van der Waals surface area contributed by atoms with E-state index in [1.807, 2.05) is 0 Å². The van der Waals surface area contributed by atoms with Crippen LogP contribution in [0.2, 0.25) is 5.02 Å². The summed E-state index contributed by atoms with van der Waals surface area (Å²) in [7, 11) is 1.54. The van der Waals surface area contributed by atoms with Crippen LogP contribution in [0, 0.1) is 0 Å². The van der Waals surface area contributed by atoms with Crippen molar-refractivity contribution in [3.63, 3.8) is 0 Å². The van der Waals surface area contributed by atoms with Gasteiger partial charge in [-0.3, -0.25) is 24.0 Å². The molecule has 10 nitrogen and oxygen atoms in total. The number of fused-ring (bicyclic) bond motifs is 1. The van der Waals surface area contributed by atoms with Crippen LogP contribution < -0.4 is 5.32 Å². The topological polar surface area (TPSA) is 131 Å². The van der Waals surface area contributed by atoms with Gasteiger partial charge in [0.25, 0.3) is 11.8 Å². The van der Waals surface area contributed by atoms with E-state index in [-0.39, 0.29) is 28.8 Å². The number of amides is 2. The number of aliphatic carboxylic acids is 1. The van der Waals surface area contributed by atoms with Gasteiger partial charge in [0.15, 0.2) is 0 Å². The minimum absolute atomic E-state index is 0.105. The molecule has 1 saturated heterocycles. The van der Waals surface area contributed by atoms with E-state index in [2.05, 4.69) is 10.4 Å². The standard InChI is InChI=1S/C15H15ClN4O6S/c1-6(21)26-4-7-5-27-14-9(13(23)20(14)10(7)15(24)25)18-12(22)11-8(16)3-17-19(11)2/h3,9,14H,4-5H2,1-2H3,(H,18,22)(H,24,25). The van der Waals surface area contributed by atoms with Gasteiger partial charge in [-0.2, -0.15) is 5.10 Å². The summed E-state index contributed by atoms with van der Waals surface area (Å²) in [6.45, 7) is 1.01. The van der Waals surface area contributed by atoms with Crippen molar-refractivity contribution in [2.24, 2.45) is 7.05 Å². The average molecular weight is 415 g/mol. The molecule has 0 aromatic carbocycles. The lowest BCUT2D eigenvalue weighted by atomic mass is 10.0. The molecule has 1 aromatic rings. The van der Waals surface area contributed by atoms with Crippen LogP contribution in [0.1, 0.15) is 17.4 Å². The molecular weight excluding hydrogens is 400 g/mol. The number of carbonyl (C=O) groups excluding carboxylic acids is 3. The minimum Gasteiger partial charge on any atom is -0.477 e. The Morgan fingerprint density at radius 3 is 2.74 bits per heavy atom. The first-order valence-corrected chi connectivity index (χ1v) is 9.16. The minimum atomic E-state index is -1.30. The maximum Gasteiger partial charge on any atom is 0.352 e. The number of aryl methyl sites for hydroxylation is 1. The summed E-state index contributed by atoms with van der Waals surface area (Å²) in [5.41, 5.74) is 0.217. The normalized spacial score (nSPS) is 21.4. The van der Waals surface area contributed by atoms with Crippen LogP contribution in [0.4, 0.5) is 0 Å². The number of halogens is 1. The van der Waals surface area contributed by atoms with Gasteiger partial charge < -0.3 is 15.2 Å². The molecule has 2 N–H and O–H groups in total. The summed E-state index contributed by atoms with van der Waals surface area (Å²) < 4.78 is 6.15. The summed E-state index contributed by atoms with van der Waals surface area (Å²) in [5.74, 6) is -2.73. The Kier molecular flexibility index (Phi) is 5.16. The summed E-state index contributed by atoms with van der Waals surface area (Å²) in [6, 6.07) is -0.891. The second kappa shape index (κ2) is 7.24. The summed E-state index contributed by atoms with van der Waals surface area (Å²) in [4.78, 5) is 48.6. The van der Waals surface area contributed by atoms with Crippen LogP contribution in [0.25, 0.3) is 0 Å². The van der Waals surface area contributed by atoms with Gasteiger partial charge in [0.05, 0.1) is 11.2 Å². The number of nitrogens with zero attached hydrogens (tertiary/aromatic N) is 3. The van der Waals surface area contributed by atoms with E-state index in [0.717, 1.165) is 4.90 Å². The fraction of sp³-hybridized carbons (Fsp3) is 0.400. The van der Waals surface area contributed by atoms with Gasteiger partial charge in [0.2, 0.25) is 0 Å². The van der Waals surface area contributed by atoms with Crippen molar-refractivity contribution in [3.8, 4) is 0 Å². The number of thioether (sulfide) groups is 1. The second-order valence-electron chi connectivity index (χ2n) is 5.86. The Bertz CT molecular complexity index is 862. The Morgan fingerprint density at radius 1 is 1.48 bits per heavy atom. The first-order chi connectivity index (χ1) is 12.7. The quantitative estimate of drug-likeness (QED) is 0.508. The van der Waals surface area contributed by atoms with Gasteiger partial charge in [-0.25, -0.2) is 4.79 Å². The van der Waals surface area contributed by atoms with Crippen molar-refractivity contribution in [1.82, 2.24) is 20.0 Å². The molecule has 0 bridgehead atoms. The van der Waals surface area contributed by atoms with Gasteiger partial charge in [-0.05, 0) is 0 Å². The SMILES string of the molecule is CC(=O)OCC1=C(C(=O)O)N2C(=O)C(NC(=O)c3c(Cl)cnn3C)C2SC1. The molecule has 3 heterocycles. The number of hydrogen-bond acceptors (Lipinski definition) is 7. The number of rotatable bonds is 5. The van der Waals surface area contributed by atoms with E-state index in [1.54, 1.807) is 0 Å². The number of β-lactam (4-membered cyclic amide) rings is 1. The van der Waals surface area contributed by atoms with Crippen molar-refractivity contribution >= 4 is 47.1 Å². The number of carbonyl (C=O) groups is 4. The molecule has 27 heavy (non-hydrogen) atoms. The molecule has 3 rings (SSSR count). The van der Waals surface area contributed by atoms with Gasteiger partial charge in [0, 0.05) is 25.3 Å². The van der Waals surface area contributed by atoms with Gasteiger partial charge in [0.1, 0.15) is 29.4 Å². The van der Waals surface area contributed by atoms with Gasteiger partial charge in [-0.15, -0.1) is 11.8 Å². The molecule has 2 unspecified atom stereocenters. The first-order valence-electron chi connectivity index (χ1n) is 7.74. The van der Waals surface area contributed by atoms with E-state index in [1.165, 1.54) is 36.6 Å². The number of carboxylic acids is 1. The number of carboxylic acid groups (broad SMARTS) is 1. The summed E-state index contributed by atoms with van der Waals surface area (Å²) in [5, 5.41) is 15.5. The largest absolute Gasteiger partial charge is 0.477 e. The Labute approximate surface area is 162 Å². The van der Waals surface area contributed by atoms with Gasteiger partial charge in [-0.1, -0.05) is 11.6 Å². The van der Waals surface area contributed by atoms with Crippen LogP contribution >= 0.6 is 23.4 Å². The van der Waals surface area contributed by atoms with Crippen LogP contribution in [-0.2, 0) is 26.2 Å². The number of aromatic nitrogens is 2. The van der Waals surface area contributed by atoms with Gasteiger partial charge >= 0.3 is 11.9 Å². The highest BCUT2D eigenvalue weighted by Gasteiger charge is 2.54. The third-order valence-corrected chi connectivity index (χ3v) is 5.71. The molecule has 2 aliphatic rings. The molecule has 0 saturated carbocycles. The third kappa shape index (κ3) is 3.39. The maximum absolute atomic E-state index is 12.5. The Morgan fingerprint density at radius 2 is 2.19 bits per heavy atom. The fourth-order valence-corrected chi connectivity index (χ4v) is 4.44. The lowest BCUT2D eigenvalue weighted by Crippen LogP contribution is -2.70. The summed E-state index contributed by atoms with van der Waals surface area (Å²) in [6.07, 6.45) is 1.31. The Balaban J connectivity index is 1.78. The van der Waals surface area contributed by atoms with Crippen molar-refractivity contribution in [2.45, 2.75) is 18.3 Å². The molecule has 1 aromatic heterocycles. The zero-order chi connectivity index (χ0) is 19.9. The predicted molar refractivity (Wildman–Crippen MR) is 93.9 cm³/mol. The maximum atomic E-state index is 12.5. The molecule has 0 spiro atoms. The van der Waals surface area contributed by atoms with Crippen molar-refractivity contribution in [2.75, 3.05) is 12.4 Å². The highest BCUT2D eigenvalue weighted by molar-refractivity contribution is 8.00. The highest BCUT2D eigenvalue weighted by atomic mass is 35.5. The van der Waals surface area contributed by atoms with Crippen LogP contribution in [-0.4, -0.2) is 67.3 Å². The zero-order valence-corrected chi connectivity index (χ0v) is 15.8. The highest BCUT2D eigenvalue weighted by Crippen LogP contribution is 2.40. The molecule has 0 radical (unpaired) electrons. The molecule has 144 valence electrons. The number of ether oxygens (including phenoxy) is 1. The number of esters is 1. The predicted octanol–water partition coefficient (Wildman–Crippen LogP) is -0.0112. The van der Waals surface area contributed by atoms with Crippen molar-refractivity contribution < 1.29 is 29.0 Å². The molecule has 2 aliphatic heterocycles. The van der Waals surface area contributed by atoms with Crippen molar-refractivity contribution in [1.29, 1.82) is 0 Å². The number of hydrogen-bond donors (Lipinski definition) is 2. The first kappa shape index (κ1) is 19.2.